The van der Waals surface area contributed by atoms with Crippen molar-refractivity contribution in [2.75, 3.05) is 0 Å². The topological polar surface area (TPSA) is 30.0 Å². The van der Waals surface area contributed by atoms with E-state index >= 15 is 0 Å². The van der Waals surface area contributed by atoms with Gasteiger partial charge < -0.3 is 0 Å². The fourth-order valence-electron chi connectivity index (χ4n) is 5.95. The number of hydrogen-bond donors (Lipinski definition) is 0. The maximum absolute atomic E-state index is 13.8. The standard InChI is InChI=1S/C20H21F2NOS/c21-14-6-17(22)20-18(7-14)25-19(23-20)9-15(24)8-16-12-2-10-1-11(4-12)5-13(16)3-10/h6-7,10-13,16H,1-5,8-9H2. The maximum atomic E-state index is 13.8. The second-order valence-electron chi connectivity index (χ2n) is 8.36. The molecular weight excluding hydrogens is 340 g/mol. The maximum Gasteiger partial charge on any atom is 0.153 e. The van der Waals surface area contributed by atoms with Gasteiger partial charge in [0, 0.05) is 12.5 Å². The predicted octanol–water partition coefficient (Wildman–Crippen LogP) is 5.15. The highest BCUT2D eigenvalue weighted by Gasteiger charge is 2.48. The Hall–Kier alpha value is -1.36. The number of hydrogen-bond acceptors (Lipinski definition) is 3. The van der Waals surface area contributed by atoms with E-state index in [2.05, 4.69) is 4.98 Å². The van der Waals surface area contributed by atoms with Crippen LogP contribution in [0, 0.1) is 41.2 Å². The normalized spacial score (nSPS) is 33.3. The molecule has 4 saturated carbocycles. The number of carbonyl (C=O) groups is 1. The van der Waals surface area contributed by atoms with Crippen LogP contribution in [0.25, 0.3) is 10.2 Å². The summed E-state index contributed by atoms with van der Waals surface area (Å²) < 4.78 is 27.6. The number of aromatic nitrogens is 1. The zero-order chi connectivity index (χ0) is 17.1. The molecule has 2 nitrogen and oxygen atoms in total. The largest absolute Gasteiger partial charge is 0.299 e. The average Bonchev–Trinajstić information content (AvgIpc) is 2.92. The van der Waals surface area contributed by atoms with Gasteiger partial charge in [0.1, 0.15) is 22.1 Å². The summed E-state index contributed by atoms with van der Waals surface area (Å²) in [5, 5.41) is 0.605. The van der Waals surface area contributed by atoms with Gasteiger partial charge in [0.15, 0.2) is 5.82 Å². The molecule has 0 N–H and O–H groups in total. The molecule has 6 rings (SSSR count). The third kappa shape index (κ3) is 2.80. The first kappa shape index (κ1) is 15.9. The molecule has 1 heterocycles. The van der Waals surface area contributed by atoms with Gasteiger partial charge in [-0.25, -0.2) is 13.8 Å². The Morgan fingerprint density at radius 1 is 1.08 bits per heavy atom. The van der Waals surface area contributed by atoms with Crippen molar-refractivity contribution in [2.45, 2.75) is 44.9 Å². The number of halogens is 2. The number of nitrogens with zero attached hydrogens (tertiary/aromatic N) is 1. The minimum absolute atomic E-state index is 0.184. The summed E-state index contributed by atoms with van der Waals surface area (Å²) in [5.74, 6) is 2.81. The van der Waals surface area contributed by atoms with Crippen LogP contribution in [-0.2, 0) is 11.2 Å². The molecule has 0 atom stereocenters. The van der Waals surface area contributed by atoms with E-state index in [4.69, 9.17) is 0 Å². The molecule has 1 aromatic heterocycles. The van der Waals surface area contributed by atoms with E-state index in [0.29, 0.717) is 22.0 Å². The number of carbonyl (C=O) groups excluding carboxylic acids is 1. The first-order chi connectivity index (χ1) is 12.0. The Labute approximate surface area is 149 Å². The van der Waals surface area contributed by atoms with Gasteiger partial charge in [-0.2, -0.15) is 0 Å². The van der Waals surface area contributed by atoms with Gasteiger partial charge >= 0.3 is 0 Å². The summed E-state index contributed by atoms with van der Waals surface area (Å²) in [6.45, 7) is 0. The van der Waals surface area contributed by atoms with Crippen molar-refractivity contribution < 1.29 is 13.6 Å². The number of fused-ring (bicyclic) bond motifs is 1. The molecule has 132 valence electrons. The molecule has 5 heteroatoms. The third-order valence-electron chi connectivity index (χ3n) is 6.69. The van der Waals surface area contributed by atoms with Crippen LogP contribution in [0.15, 0.2) is 12.1 Å². The lowest BCUT2D eigenvalue weighted by molar-refractivity contribution is -0.123. The van der Waals surface area contributed by atoms with Crippen molar-refractivity contribution >= 4 is 27.3 Å². The van der Waals surface area contributed by atoms with Gasteiger partial charge in [-0.15, -0.1) is 11.3 Å². The van der Waals surface area contributed by atoms with E-state index in [0.717, 1.165) is 29.7 Å². The van der Waals surface area contributed by atoms with Crippen molar-refractivity contribution in [1.29, 1.82) is 0 Å². The van der Waals surface area contributed by atoms with Crippen LogP contribution in [0.3, 0.4) is 0 Å². The lowest BCUT2D eigenvalue weighted by Gasteiger charge is -2.54. The average molecular weight is 361 g/mol. The number of thiazole rings is 1. The van der Waals surface area contributed by atoms with Crippen LogP contribution >= 0.6 is 11.3 Å². The zero-order valence-electron chi connectivity index (χ0n) is 14.0. The second-order valence-corrected chi connectivity index (χ2v) is 9.47. The number of benzene rings is 1. The Bertz CT molecular complexity index is 818. The summed E-state index contributed by atoms with van der Waals surface area (Å²) in [5.41, 5.74) is 0.184. The van der Waals surface area contributed by atoms with Gasteiger partial charge in [-0.1, -0.05) is 0 Å². The highest BCUT2D eigenvalue weighted by Crippen LogP contribution is 2.57. The van der Waals surface area contributed by atoms with Crippen molar-refractivity contribution in [3.63, 3.8) is 0 Å². The van der Waals surface area contributed by atoms with Crippen LogP contribution in [0.4, 0.5) is 8.78 Å². The van der Waals surface area contributed by atoms with Gasteiger partial charge in [0.2, 0.25) is 0 Å². The molecular formula is C20H21F2NOS. The van der Waals surface area contributed by atoms with E-state index in [1.165, 1.54) is 49.5 Å². The molecule has 1 aromatic carbocycles. The fraction of sp³-hybridized carbons (Fsp3) is 0.600. The van der Waals surface area contributed by atoms with Gasteiger partial charge in [0.25, 0.3) is 0 Å². The first-order valence-corrected chi connectivity index (χ1v) is 10.1. The van der Waals surface area contributed by atoms with Crippen molar-refractivity contribution in [2.24, 2.45) is 29.6 Å². The lowest BCUT2D eigenvalue weighted by atomic mass is 9.51. The Morgan fingerprint density at radius 3 is 2.44 bits per heavy atom. The van der Waals surface area contributed by atoms with E-state index in [1.807, 2.05) is 0 Å². The number of ketones is 1. The Kier molecular flexibility index (Phi) is 3.70. The van der Waals surface area contributed by atoms with Gasteiger partial charge in [-0.3, -0.25) is 4.79 Å². The summed E-state index contributed by atoms with van der Waals surface area (Å²) >= 11 is 1.23. The zero-order valence-corrected chi connectivity index (χ0v) is 14.8. The summed E-state index contributed by atoms with van der Waals surface area (Å²) in [6, 6.07) is 2.14. The molecule has 4 fully saturated rings. The van der Waals surface area contributed by atoms with Crippen LogP contribution < -0.4 is 0 Å². The number of Topliss-reactive ketones (excluding diaryl/α,β-unsaturated/α-hetero) is 1. The van der Waals surface area contributed by atoms with E-state index in [9.17, 15) is 13.6 Å². The van der Waals surface area contributed by atoms with E-state index in [1.54, 1.807) is 0 Å². The molecule has 0 aliphatic heterocycles. The van der Waals surface area contributed by atoms with Gasteiger partial charge in [0.05, 0.1) is 11.1 Å². The van der Waals surface area contributed by atoms with Crippen molar-refractivity contribution in [3.8, 4) is 0 Å². The monoisotopic (exact) mass is 361 g/mol. The highest BCUT2D eigenvalue weighted by molar-refractivity contribution is 7.18. The minimum Gasteiger partial charge on any atom is -0.299 e. The van der Waals surface area contributed by atoms with E-state index < -0.39 is 11.6 Å². The molecule has 0 amide bonds. The second kappa shape index (κ2) is 5.83. The molecule has 0 radical (unpaired) electrons. The van der Waals surface area contributed by atoms with E-state index in [-0.39, 0.29) is 17.7 Å². The summed E-state index contributed by atoms with van der Waals surface area (Å²) in [6.07, 6.45) is 7.58. The summed E-state index contributed by atoms with van der Waals surface area (Å²) in [4.78, 5) is 16.9. The summed E-state index contributed by atoms with van der Waals surface area (Å²) in [7, 11) is 0. The van der Waals surface area contributed by atoms with Crippen LogP contribution in [0.5, 0.6) is 0 Å². The SMILES string of the molecule is O=C(Cc1nc2c(F)cc(F)cc2s1)CC1C2CC3CC(C2)CC1C3. The highest BCUT2D eigenvalue weighted by atomic mass is 32.1. The first-order valence-electron chi connectivity index (χ1n) is 9.31. The molecule has 4 bridgehead atoms. The quantitative estimate of drug-likeness (QED) is 0.754. The molecule has 4 aliphatic rings. The van der Waals surface area contributed by atoms with Crippen LogP contribution in [0.1, 0.15) is 43.5 Å². The smallest absolute Gasteiger partial charge is 0.153 e. The lowest BCUT2D eigenvalue weighted by Crippen LogP contribution is -2.45. The van der Waals surface area contributed by atoms with Crippen LogP contribution in [-0.4, -0.2) is 10.8 Å². The molecule has 2 aromatic rings. The molecule has 4 aliphatic carbocycles. The molecule has 25 heavy (non-hydrogen) atoms. The Balaban J connectivity index is 1.30. The minimum atomic E-state index is -0.647. The van der Waals surface area contributed by atoms with Gasteiger partial charge in [-0.05, 0) is 67.8 Å². The molecule has 0 spiro atoms. The Morgan fingerprint density at radius 2 is 1.76 bits per heavy atom. The van der Waals surface area contributed by atoms with Crippen molar-refractivity contribution in [1.82, 2.24) is 4.98 Å². The molecule has 0 unspecified atom stereocenters. The third-order valence-corrected chi connectivity index (χ3v) is 7.69. The predicted molar refractivity (Wildman–Crippen MR) is 93.4 cm³/mol. The van der Waals surface area contributed by atoms with Crippen molar-refractivity contribution in [3.05, 3.63) is 28.8 Å². The molecule has 0 saturated heterocycles. The number of rotatable bonds is 4. The van der Waals surface area contributed by atoms with Crippen LogP contribution in [0.2, 0.25) is 0 Å². The fourth-order valence-corrected chi connectivity index (χ4v) is 6.99.